The summed E-state index contributed by atoms with van der Waals surface area (Å²) in [5.41, 5.74) is 3.56. The highest BCUT2D eigenvalue weighted by molar-refractivity contribution is 5.79. The van der Waals surface area contributed by atoms with Gasteiger partial charge in [0.2, 0.25) is 0 Å². The normalized spacial score (nSPS) is 11.5. The molecule has 1 aromatic carbocycles. The molecule has 26 heavy (non-hydrogen) atoms. The second-order valence-electron chi connectivity index (χ2n) is 6.04. The number of rotatable bonds is 7. The number of hydrogen-bond acceptors (Lipinski definition) is 3. The third kappa shape index (κ3) is 4.95. The molecule has 2 N–H and O–H groups in total. The molecule has 0 saturated carbocycles. The molecule has 3 aromatic rings. The second kappa shape index (κ2) is 8.84. The standard InChI is InChI=1S/C19H25N7/c1-3-20-19(21-11-16-12-24-25(2)14-16)22-13-17-7-4-5-8-18(17)15-26-10-6-9-23-26/h4-10,12,14H,3,11,13,15H2,1-2H3,(H2,20,21,22). The predicted molar refractivity (Wildman–Crippen MR) is 103 cm³/mol. The maximum Gasteiger partial charge on any atom is 0.191 e. The van der Waals surface area contributed by atoms with Crippen LogP contribution in [0.3, 0.4) is 0 Å². The van der Waals surface area contributed by atoms with Crippen LogP contribution in [0.1, 0.15) is 23.6 Å². The average Bonchev–Trinajstić information content (AvgIpc) is 3.30. The van der Waals surface area contributed by atoms with Crippen molar-refractivity contribution < 1.29 is 0 Å². The van der Waals surface area contributed by atoms with E-state index in [9.17, 15) is 0 Å². The van der Waals surface area contributed by atoms with Crippen molar-refractivity contribution in [2.24, 2.45) is 12.0 Å². The van der Waals surface area contributed by atoms with Crippen LogP contribution in [0.2, 0.25) is 0 Å². The monoisotopic (exact) mass is 351 g/mol. The van der Waals surface area contributed by atoms with Gasteiger partial charge < -0.3 is 10.6 Å². The highest BCUT2D eigenvalue weighted by atomic mass is 15.3. The number of aliphatic imine (C=N–C) groups is 1. The van der Waals surface area contributed by atoms with E-state index < -0.39 is 0 Å². The second-order valence-corrected chi connectivity index (χ2v) is 6.04. The van der Waals surface area contributed by atoms with Crippen LogP contribution in [-0.2, 0) is 26.7 Å². The summed E-state index contributed by atoms with van der Waals surface area (Å²) in [6.07, 6.45) is 7.60. The highest BCUT2D eigenvalue weighted by Crippen LogP contribution is 2.10. The molecule has 0 aliphatic carbocycles. The predicted octanol–water partition coefficient (Wildman–Crippen LogP) is 1.92. The maximum absolute atomic E-state index is 4.64. The van der Waals surface area contributed by atoms with Crippen LogP contribution in [0.5, 0.6) is 0 Å². The van der Waals surface area contributed by atoms with Crippen LogP contribution in [-0.4, -0.2) is 32.1 Å². The largest absolute Gasteiger partial charge is 0.357 e. The minimum absolute atomic E-state index is 0.595. The first-order chi connectivity index (χ1) is 12.7. The van der Waals surface area contributed by atoms with Crippen LogP contribution in [0.4, 0.5) is 0 Å². The summed E-state index contributed by atoms with van der Waals surface area (Å²) < 4.78 is 3.72. The smallest absolute Gasteiger partial charge is 0.191 e. The van der Waals surface area contributed by atoms with Crippen LogP contribution >= 0.6 is 0 Å². The lowest BCUT2D eigenvalue weighted by molar-refractivity contribution is 0.677. The Labute approximate surface area is 153 Å². The number of aryl methyl sites for hydroxylation is 1. The van der Waals surface area contributed by atoms with Crippen molar-refractivity contribution in [1.82, 2.24) is 30.2 Å². The number of guanidine groups is 1. The fourth-order valence-corrected chi connectivity index (χ4v) is 2.70. The zero-order valence-corrected chi connectivity index (χ0v) is 15.3. The third-order valence-electron chi connectivity index (χ3n) is 3.98. The van der Waals surface area contributed by atoms with E-state index in [0.717, 1.165) is 24.6 Å². The van der Waals surface area contributed by atoms with Crippen LogP contribution in [0.15, 0.2) is 60.1 Å². The van der Waals surface area contributed by atoms with Crippen molar-refractivity contribution in [2.45, 2.75) is 26.6 Å². The van der Waals surface area contributed by atoms with E-state index in [4.69, 9.17) is 0 Å². The van der Waals surface area contributed by atoms with E-state index >= 15 is 0 Å². The van der Waals surface area contributed by atoms with Gasteiger partial charge in [0, 0.05) is 44.3 Å². The zero-order valence-electron chi connectivity index (χ0n) is 15.3. The molecule has 0 aliphatic rings. The van der Waals surface area contributed by atoms with Gasteiger partial charge in [-0.25, -0.2) is 4.99 Å². The van der Waals surface area contributed by atoms with Crippen LogP contribution in [0, 0.1) is 0 Å². The van der Waals surface area contributed by atoms with E-state index in [2.05, 4.69) is 57.0 Å². The molecule has 7 heteroatoms. The summed E-state index contributed by atoms with van der Waals surface area (Å²) >= 11 is 0. The number of aromatic nitrogens is 4. The average molecular weight is 351 g/mol. The minimum Gasteiger partial charge on any atom is -0.357 e. The summed E-state index contributed by atoms with van der Waals surface area (Å²) in [5.74, 6) is 0.797. The van der Waals surface area contributed by atoms with Crippen LogP contribution < -0.4 is 10.6 Å². The van der Waals surface area contributed by atoms with E-state index in [0.29, 0.717) is 13.1 Å². The quantitative estimate of drug-likeness (QED) is 0.504. The lowest BCUT2D eigenvalue weighted by Crippen LogP contribution is -2.37. The Balaban J connectivity index is 1.65. The van der Waals surface area contributed by atoms with Gasteiger partial charge in [-0.1, -0.05) is 24.3 Å². The number of nitrogens with one attached hydrogen (secondary N) is 2. The van der Waals surface area contributed by atoms with Crippen molar-refractivity contribution in [3.8, 4) is 0 Å². The van der Waals surface area contributed by atoms with Gasteiger partial charge in [0.15, 0.2) is 5.96 Å². The first kappa shape index (κ1) is 17.7. The Morgan fingerprint density at radius 3 is 2.65 bits per heavy atom. The first-order valence-electron chi connectivity index (χ1n) is 8.78. The van der Waals surface area contributed by atoms with Crippen molar-refractivity contribution in [3.63, 3.8) is 0 Å². The summed E-state index contributed by atoms with van der Waals surface area (Å²) in [6.45, 7) is 4.93. The van der Waals surface area contributed by atoms with Crippen LogP contribution in [0.25, 0.3) is 0 Å². The molecule has 0 fully saturated rings. The summed E-state index contributed by atoms with van der Waals surface area (Å²) in [4.78, 5) is 4.64. The van der Waals surface area contributed by atoms with Gasteiger partial charge in [-0.05, 0) is 24.1 Å². The SMILES string of the molecule is CCNC(=NCc1cnn(C)c1)NCc1ccccc1Cn1cccn1. The van der Waals surface area contributed by atoms with Gasteiger partial charge >= 0.3 is 0 Å². The molecule has 0 radical (unpaired) electrons. The lowest BCUT2D eigenvalue weighted by Gasteiger charge is -2.14. The zero-order chi connectivity index (χ0) is 18.2. The van der Waals surface area contributed by atoms with Crippen molar-refractivity contribution >= 4 is 5.96 Å². The molecule has 0 atom stereocenters. The van der Waals surface area contributed by atoms with E-state index in [1.807, 2.05) is 36.4 Å². The molecule has 0 unspecified atom stereocenters. The minimum atomic E-state index is 0.595. The molecule has 7 nitrogen and oxygen atoms in total. The number of hydrogen-bond donors (Lipinski definition) is 2. The van der Waals surface area contributed by atoms with Gasteiger partial charge in [0.1, 0.15) is 0 Å². The molecule has 0 saturated heterocycles. The van der Waals surface area contributed by atoms with Gasteiger partial charge in [-0.15, -0.1) is 0 Å². The topological polar surface area (TPSA) is 72.1 Å². The van der Waals surface area contributed by atoms with Crippen molar-refractivity contribution in [1.29, 1.82) is 0 Å². The molecule has 0 aliphatic heterocycles. The molecule has 136 valence electrons. The summed E-state index contributed by atoms with van der Waals surface area (Å²) in [5, 5.41) is 15.2. The van der Waals surface area contributed by atoms with E-state index in [1.54, 1.807) is 10.9 Å². The van der Waals surface area contributed by atoms with E-state index in [-0.39, 0.29) is 0 Å². The summed E-state index contributed by atoms with van der Waals surface area (Å²) in [7, 11) is 1.91. The van der Waals surface area contributed by atoms with Gasteiger partial charge in [0.05, 0.1) is 19.3 Å². The Morgan fingerprint density at radius 2 is 1.96 bits per heavy atom. The Morgan fingerprint density at radius 1 is 1.12 bits per heavy atom. The molecule has 0 amide bonds. The molecule has 0 spiro atoms. The molecule has 2 heterocycles. The molecular weight excluding hydrogens is 326 g/mol. The van der Waals surface area contributed by atoms with Gasteiger partial charge in [-0.3, -0.25) is 9.36 Å². The number of benzene rings is 1. The molecule has 2 aromatic heterocycles. The third-order valence-corrected chi connectivity index (χ3v) is 3.98. The van der Waals surface area contributed by atoms with Gasteiger partial charge in [-0.2, -0.15) is 10.2 Å². The fourth-order valence-electron chi connectivity index (χ4n) is 2.70. The summed E-state index contributed by atoms with van der Waals surface area (Å²) in [6, 6.07) is 10.3. The Hall–Kier alpha value is -3.09. The van der Waals surface area contributed by atoms with Gasteiger partial charge in [0.25, 0.3) is 0 Å². The van der Waals surface area contributed by atoms with Crippen molar-refractivity contribution in [2.75, 3.05) is 6.54 Å². The first-order valence-corrected chi connectivity index (χ1v) is 8.78. The van der Waals surface area contributed by atoms with E-state index in [1.165, 1.54) is 11.1 Å². The molecular formula is C19H25N7. The number of nitrogens with zero attached hydrogens (tertiary/aromatic N) is 5. The Kier molecular flexibility index (Phi) is 6.03. The molecule has 3 rings (SSSR count). The maximum atomic E-state index is 4.64. The van der Waals surface area contributed by atoms with Crippen molar-refractivity contribution in [3.05, 3.63) is 71.8 Å². The Bertz CT molecular complexity index is 833. The highest BCUT2D eigenvalue weighted by Gasteiger charge is 2.05. The molecule has 0 bridgehead atoms. The fraction of sp³-hybridized carbons (Fsp3) is 0.316. The lowest BCUT2D eigenvalue weighted by atomic mass is 10.1.